The second-order valence-corrected chi connectivity index (χ2v) is 5.66. The van der Waals surface area contributed by atoms with Gasteiger partial charge in [-0.2, -0.15) is 0 Å². The van der Waals surface area contributed by atoms with Crippen LogP contribution in [0.5, 0.6) is 17.2 Å². The summed E-state index contributed by atoms with van der Waals surface area (Å²) in [6.07, 6.45) is 5.00. The zero-order valence-corrected chi connectivity index (χ0v) is 14.8. The largest absolute Gasteiger partial charge is 0.493 e. The molecule has 7 heteroatoms. The van der Waals surface area contributed by atoms with E-state index in [1.165, 1.54) is 20.3 Å². The fraction of sp³-hybridized carbons (Fsp3) is 0.444. The Bertz CT molecular complexity index is 657. The summed E-state index contributed by atoms with van der Waals surface area (Å²) in [5.41, 5.74) is 0.689. The number of hydrogen-bond acceptors (Lipinski definition) is 5. The lowest BCUT2D eigenvalue weighted by Crippen LogP contribution is -2.35. The van der Waals surface area contributed by atoms with Gasteiger partial charge in [0.05, 0.1) is 21.3 Å². The number of carbonyl (C=O) groups excluding carboxylic acids is 2. The molecule has 1 saturated heterocycles. The second-order valence-electron chi connectivity index (χ2n) is 5.66. The molecule has 1 heterocycles. The minimum Gasteiger partial charge on any atom is -0.493 e. The van der Waals surface area contributed by atoms with E-state index >= 15 is 0 Å². The van der Waals surface area contributed by atoms with Crippen LogP contribution in [0.1, 0.15) is 24.8 Å². The maximum atomic E-state index is 12.2. The van der Waals surface area contributed by atoms with Gasteiger partial charge in [-0.3, -0.25) is 9.59 Å². The van der Waals surface area contributed by atoms with E-state index < -0.39 is 0 Å². The second kappa shape index (κ2) is 8.96. The first-order valence-corrected chi connectivity index (χ1v) is 8.13. The molecule has 1 aliphatic heterocycles. The van der Waals surface area contributed by atoms with E-state index in [0.29, 0.717) is 35.8 Å². The summed E-state index contributed by atoms with van der Waals surface area (Å²) in [5.74, 6) is 1.21. The SMILES string of the molecule is COc1ccc(C=CC(=O)NC2CCCNC(=O)C2)c(OC)c1OC. The van der Waals surface area contributed by atoms with E-state index in [4.69, 9.17) is 14.2 Å². The van der Waals surface area contributed by atoms with Gasteiger partial charge in [0, 0.05) is 30.6 Å². The Balaban J connectivity index is 2.10. The molecule has 2 N–H and O–H groups in total. The number of nitrogens with one attached hydrogen (secondary N) is 2. The van der Waals surface area contributed by atoms with Crippen LogP contribution in [0.15, 0.2) is 18.2 Å². The van der Waals surface area contributed by atoms with Crippen LogP contribution in [0.3, 0.4) is 0 Å². The molecule has 1 aromatic rings. The molecule has 1 atom stereocenters. The first kappa shape index (κ1) is 18.6. The van der Waals surface area contributed by atoms with Crippen LogP contribution in [0.25, 0.3) is 6.08 Å². The zero-order valence-electron chi connectivity index (χ0n) is 14.8. The molecule has 0 aliphatic carbocycles. The van der Waals surface area contributed by atoms with Crippen LogP contribution in [-0.4, -0.2) is 45.7 Å². The Kier molecular flexibility index (Phi) is 6.68. The van der Waals surface area contributed by atoms with Gasteiger partial charge >= 0.3 is 0 Å². The first-order valence-electron chi connectivity index (χ1n) is 8.13. The zero-order chi connectivity index (χ0) is 18.2. The molecule has 0 spiro atoms. The van der Waals surface area contributed by atoms with Crippen LogP contribution in [0, 0.1) is 0 Å². The first-order chi connectivity index (χ1) is 12.1. The Morgan fingerprint density at radius 1 is 1.20 bits per heavy atom. The van der Waals surface area contributed by atoms with Gasteiger partial charge in [0.25, 0.3) is 0 Å². The summed E-state index contributed by atoms with van der Waals surface area (Å²) in [7, 11) is 4.60. The smallest absolute Gasteiger partial charge is 0.244 e. The molecule has 1 aliphatic rings. The molecule has 0 bridgehead atoms. The van der Waals surface area contributed by atoms with Crippen LogP contribution < -0.4 is 24.8 Å². The number of benzene rings is 1. The molecule has 0 radical (unpaired) electrons. The molecule has 1 fully saturated rings. The fourth-order valence-corrected chi connectivity index (χ4v) is 2.77. The quantitative estimate of drug-likeness (QED) is 0.761. The van der Waals surface area contributed by atoms with E-state index in [1.54, 1.807) is 25.3 Å². The van der Waals surface area contributed by atoms with Crippen molar-refractivity contribution in [1.29, 1.82) is 0 Å². The Morgan fingerprint density at radius 2 is 1.96 bits per heavy atom. The average Bonchev–Trinajstić information content (AvgIpc) is 2.82. The summed E-state index contributed by atoms with van der Waals surface area (Å²) in [6, 6.07) is 3.38. The Hall–Kier alpha value is -2.70. The predicted molar refractivity (Wildman–Crippen MR) is 93.9 cm³/mol. The highest BCUT2D eigenvalue weighted by molar-refractivity contribution is 5.93. The maximum Gasteiger partial charge on any atom is 0.244 e. The minimum absolute atomic E-state index is 0.0339. The van der Waals surface area contributed by atoms with Crippen molar-refractivity contribution < 1.29 is 23.8 Å². The average molecular weight is 348 g/mol. The molecule has 136 valence electrons. The van der Waals surface area contributed by atoms with Crippen molar-refractivity contribution in [2.75, 3.05) is 27.9 Å². The fourth-order valence-electron chi connectivity index (χ4n) is 2.77. The van der Waals surface area contributed by atoms with E-state index in [0.717, 1.165) is 12.8 Å². The Morgan fingerprint density at radius 3 is 2.64 bits per heavy atom. The molecule has 0 saturated carbocycles. The van der Waals surface area contributed by atoms with E-state index in [1.807, 2.05) is 0 Å². The van der Waals surface area contributed by atoms with Crippen molar-refractivity contribution in [2.45, 2.75) is 25.3 Å². The number of hydrogen-bond donors (Lipinski definition) is 2. The maximum absolute atomic E-state index is 12.2. The summed E-state index contributed by atoms with van der Waals surface area (Å²) < 4.78 is 15.9. The predicted octanol–water partition coefficient (Wildman–Crippen LogP) is 1.51. The van der Waals surface area contributed by atoms with E-state index in [2.05, 4.69) is 10.6 Å². The van der Waals surface area contributed by atoms with Crippen molar-refractivity contribution in [2.24, 2.45) is 0 Å². The van der Waals surface area contributed by atoms with E-state index in [9.17, 15) is 9.59 Å². The third kappa shape index (κ3) is 4.89. The molecule has 7 nitrogen and oxygen atoms in total. The number of rotatable bonds is 6. The highest BCUT2D eigenvalue weighted by atomic mass is 16.5. The van der Waals surface area contributed by atoms with Gasteiger partial charge in [-0.15, -0.1) is 0 Å². The Labute approximate surface area is 147 Å². The lowest BCUT2D eigenvalue weighted by Gasteiger charge is -2.15. The van der Waals surface area contributed by atoms with Crippen molar-refractivity contribution >= 4 is 17.9 Å². The standard InChI is InChI=1S/C18H24N2O5/c1-23-14-8-6-12(17(24-2)18(14)25-3)7-9-15(21)20-13-5-4-10-19-16(22)11-13/h6-9,13H,4-5,10-11H2,1-3H3,(H,19,22)(H,20,21). The van der Waals surface area contributed by atoms with Crippen LogP contribution in [0.2, 0.25) is 0 Å². The van der Waals surface area contributed by atoms with Gasteiger partial charge in [-0.1, -0.05) is 0 Å². The normalized spacial score (nSPS) is 17.6. The van der Waals surface area contributed by atoms with Crippen LogP contribution in [-0.2, 0) is 9.59 Å². The number of carbonyl (C=O) groups is 2. The third-order valence-corrected chi connectivity index (χ3v) is 3.98. The molecule has 2 rings (SSSR count). The van der Waals surface area contributed by atoms with E-state index in [-0.39, 0.29) is 17.9 Å². The molecule has 0 aromatic heterocycles. The van der Waals surface area contributed by atoms with Crippen molar-refractivity contribution in [3.63, 3.8) is 0 Å². The minimum atomic E-state index is -0.253. The van der Waals surface area contributed by atoms with Crippen molar-refractivity contribution in [3.05, 3.63) is 23.8 Å². The van der Waals surface area contributed by atoms with Crippen LogP contribution >= 0.6 is 0 Å². The number of methoxy groups -OCH3 is 3. The summed E-state index contributed by atoms with van der Waals surface area (Å²) in [4.78, 5) is 23.7. The van der Waals surface area contributed by atoms with Gasteiger partial charge in [0.2, 0.25) is 17.6 Å². The third-order valence-electron chi connectivity index (χ3n) is 3.98. The molecule has 25 heavy (non-hydrogen) atoms. The summed E-state index contributed by atoms with van der Waals surface area (Å²) >= 11 is 0. The lowest BCUT2D eigenvalue weighted by atomic mass is 10.1. The number of amides is 2. The highest BCUT2D eigenvalue weighted by Crippen LogP contribution is 2.40. The van der Waals surface area contributed by atoms with Gasteiger partial charge in [-0.05, 0) is 31.1 Å². The molecule has 1 unspecified atom stereocenters. The van der Waals surface area contributed by atoms with Crippen molar-refractivity contribution in [3.8, 4) is 17.2 Å². The van der Waals surface area contributed by atoms with Crippen LogP contribution in [0.4, 0.5) is 0 Å². The summed E-state index contributed by atoms with van der Waals surface area (Å²) in [5, 5.41) is 5.66. The van der Waals surface area contributed by atoms with Gasteiger partial charge in [0.1, 0.15) is 0 Å². The molecule has 1 aromatic carbocycles. The topological polar surface area (TPSA) is 85.9 Å². The summed E-state index contributed by atoms with van der Waals surface area (Å²) in [6.45, 7) is 0.657. The van der Waals surface area contributed by atoms with Crippen molar-refractivity contribution in [1.82, 2.24) is 10.6 Å². The molecular formula is C18H24N2O5. The molecular weight excluding hydrogens is 324 g/mol. The van der Waals surface area contributed by atoms with Gasteiger partial charge in [-0.25, -0.2) is 0 Å². The van der Waals surface area contributed by atoms with Gasteiger partial charge in [0.15, 0.2) is 11.5 Å². The molecule has 2 amide bonds. The number of ether oxygens (including phenoxy) is 3. The lowest BCUT2D eigenvalue weighted by molar-refractivity contribution is -0.121. The van der Waals surface area contributed by atoms with Gasteiger partial charge < -0.3 is 24.8 Å². The monoisotopic (exact) mass is 348 g/mol. The highest BCUT2D eigenvalue weighted by Gasteiger charge is 2.18.